The van der Waals surface area contributed by atoms with Gasteiger partial charge in [-0.05, 0) is 39.3 Å². The molecule has 0 saturated carbocycles. The van der Waals surface area contributed by atoms with E-state index in [0.717, 1.165) is 5.56 Å². The molecule has 0 saturated heterocycles. The van der Waals surface area contributed by atoms with Gasteiger partial charge in [-0.3, -0.25) is 9.69 Å². The van der Waals surface area contributed by atoms with Crippen molar-refractivity contribution in [2.45, 2.75) is 45.9 Å². The largest absolute Gasteiger partial charge is 0.480 e. The molecular weight excluding hydrogens is 490 g/mol. The normalized spacial score (nSPS) is 12.3. The quantitative estimate of drug-likeness (QED) is 0.428. The highest BCUT2D eigenvalue weighted by Crippen LogP contribution is 2.23. The SMILES string of the molecule is COc1ncc(COC[C@@H](C)NC(=O)c2cnn3c(N(C)C(=O)OC(C)(C)C)cc(Cl)nc23)cc1N. The lowest BCUT2D eigenvalue weighted by Crippen LogP contribution is -2.36. The molecule has 13 heteroatoms. The minimum absolute atomic E-state index is 0.0891. The maximum Gasteiger partial charge on any atom is 0.415 e. The van der Waals surface area contributed by atoms with Gasteiger partial charge in [0.2, 0.25) is 5.88 Å². The van der Waals surface area contributed by atoms with E-state index in [1.165, 1.54) is 35.8 Å². The Labute approximate surface area is 213 Å². The zero-order valence-corrected chi connectivity index (χ0v) is 21.8. The number of nitrogens with one attached hydrogen (secondary N) is 1. The average Bonchev–Trinajstić information content (AvgIpc) is 3.20. The number of anilines is 2. The number of nitrogen functional groups attached to an aromatic ring is 1. The standard InChI is InChI=1S/C23H30ClN7O5/c1-13(11-35-12-14-7-16(25)21(34-6)26-9-14)28-20(32)15-10-27-31-18(8-17(24)29-19(15)31)30(5)22(33)36-23(2,3)4/h7-10,13H,11-12,25H2,1-6H3,(H,28,32)/t13-/m1/s1. The molecule has 3 rings (SSSR count). The number of hydrogen-bond donors (Lipinski definition) is 2. The number of fused-ring (bicyclic) bond motifs is 1. The second-order valence-corrected chi connectivity index (χ2v) is 9.49. The zero-order valence-electron chi connectivity index (χ0n) is 21.0. The molecule has 0 bridgehead atoms. The van der Waals surface area contributed by atoms with E-state index >= 15 is 0 Å². The lowest BCUT2D eigenvalue weighted by Gasteiger charge is -2.24. The van der Waals surface area contributed by atoms with Gasteiger partial charge in [0.25, 0.3) is 5.91 Å². The number of carbonyl (C=O) groups is 2. The Bertz CT molecular complexity index is 1260. The summed E-state index contributed by atoms with van der Waals surface area (Å²) in [6, 6.07) is 2.85. The molecule has 0 unspecified atom stereocenters. The molecule has 194 valence electrons. The minimum atomic E-state index is -0.689. The summed E-state index contributed by atoms with van der Waals surface area (Å²) in [6.45, 7) is 7.58. The maximum atomic E-state index is 12.9. The van der Waals surface area contributed by atoms with Crippen molar-refractivity contribution in [3.63, 3.8) is 0 Å². The predicted molar refractivity (Wildman–Crippen MR) is 134 cm³/mol. The van der Waals surface area contributed by atoms with Crippen molar-refractivity contribution < 1.29 is 23.8 Å². The number of rotatable bonds is 8. The summed E-state index contributed by atoms with van der Waals surface area (Å²) >= 11 is 6.20. The van der Waals surface area contributed by atoms with Crippen LogP contribution in [0.3, 0.4) is 0 Å². The number of nitrogens with two attached hydrogens (primary N) is 1. The van der Waals surface area contributed by atoms with Crippen molar-refractivity contribution in [3.8, 4) is 5.88 Å². The number of methoxy groups -OCH3 is 1. The van der Waals surface area contributed by atoms with Gasteiger partial charge in [-0.2, -0.15) is 9.61 Å². The van der Waals surface area contributed by atoms with Gasteiger partial charge in [0.15, 0.2) is 5.65 Å². The van der Waals surface area contributed by atoms with E-state index in [4.69, 9.17) is 31.5 Å². The van der Waals surface area contributed by atoms with Crippen LogP contribution in [0.25, 0.3) is 5.65 Å². The second kappa shape index (κ2) is 11.0. The minimum Gasteiger partial charge on any atom is -0.480 e. The van der Waals surface area contributed by atoms with E-state index in [9.17, 15) is 9.59 Å². The molecule has 36 heavy (non-hydrogen) atoms. The fourth-order valence-corrected chi connectivity index (χ4v) is 3.38. The summed E-state index contributed by atoms with van der Waals surface area (Å²) in [4.78, 5) is 35.1. The number of aromatic nitrogens is 4. The number of nitrogens with zero attached hydrogens (tertiary/aromatic N) is 5. The first kappa shape index (κ1) is 27.0. The molecule has 1 atom stereocenters. The first-order chi connectivity index (χ1) is 16.9. The molecule has 0 aliphatic carbocycles. The van der Waals surface area contributed by atoms with Crippen LogP contribution in [0.5, 0.6) is 5.88 Å². The summed E-state index contributed by atoms with van der Waals surface area (Å²) in [5, 5.41) is 7.17. The summed E-state index contributed by atoms with van der Waals surface area (Å²) < 4.78 is 17.5. The molecule has 12 nitrogen and oxygen atoms in total. The molecule has 3 N–H and O–H groups in total. The van der Waals surface area contributed by atoms with E-state index in [0.29, 0.717) is 17.4 Å². The van der Waals surface area contributed by atoms with Crippen LogP contribution in [0.4, 0.5) is 16.3 Å². The molecule has 0 aromatic carbocycles. The van der Waals surface area contributed by atoms with E-state index in [1.54, 1.807) is 40.0 Å². The highest BCUT2D eigenvalue weighted by molar-refractivity contribution is 6.30. The first-order valence-corrected chi connectivity index (χ1v) is 11.5. The van der Waals surface area contributed by atoms with Crippen molar-refractivity contribution in [2.24, 2.45) is 0 Å². The van der Waals surface area contributed by atoms with E-state index < -0.39 is 17.6 Å². The van der Waals surface area contributed by atoms with E-state index in [-0.39, 0.29) is 35.6 Å². The lowest BCUT2D eigenvalue weighted by atomic mass is 10.2. The average molecular weight is 520 g/mol. The third-order valence-corrected chi connectivity index (χ3v) is 5.01. The lowest BCUT2D eigenvalue weighted by molar-refractivity contribution is 0.0587. The molecule has 0 aliphatic heterocycles. The summed E-state index contributed by atoms with van der Waals surface area (Å²) in [6.07, 6.45) is 2.37. The fourth-order valence-electron chi connectivity index (χ4n) is 3.20. The zero-order chi connectivity index (χ0) is 26.6. The van der Waals surface area contributed by atoms with Gasteiger partial charge in [0.05, 0.1) is 32.2 Å². The van der Waals surface area contributed by atoms with Crippen LogP contribution in [0.1, 0.15) is 43.6 Å². The van der Waals surface area contributed by atoms with Gasteiger partial charge in [-0.15, -0.1) is 0 Å². The van der Waals surface area contributed by atoms with E-state index in [1.807, 2.05) is 0 Å². The van der Waals surface area contributed by atoms with Crippen LogP contribution in [0.15, 0.2) is 24.5 Å². The Balaban J connectivity index is 1.68. The number of hydrogen-bond acceptors (Lipinski definition) is 9. The van der Waals surface area contributed by atoms with Crippen LogP contribution in [0, 0.1) is 0 Å². The van der Waals surface area contributed by atoms with Gasteiger partial charge < -0.3 is 25.3 Å². The Hall–Kier alpha value is -3.64. The maximum absolute atomic E-state index is 12.9. The van der Waals surface area contributed by atoms with Crippen molar-refractivity contribution in [2.75, 3.05) is 31.4 Å². The molecule has 3 heterocycles. The van der Waals surface area contributed by atoms with Crippen LogP contribution in [-0.2, 0) is 16.1 Å². The highest BCUT2D eigenvalue weighted by atomic mass is 35.5. The Morgan fingerprint density at radius 3 is 2.64 bits per heavy atom. The number of pyridine rings is 1. The third kappa shape index (κ3) is 6.52. The summed E-state index contributed by atoms with van der Waals surface area (Å²) in [5.41, 5.74) is 6.74. The molecule has 0 aliphatic rings. The van der Waals surface area contributed by atoms with Crippen LogP contribution >= 0.6 is 11.6 Å². The van der Waals surface area contributed by atoms with Crippen molar-refractivity contribution >= 4 is 40.8 Å². The van der Waals surface area contributed by atoms with Crippen LogP contribution < -0.4 is 20.7 Å². The first-order valence-electron chi connectivity index (χ1n) is 11.1. The summed E-state index contributed by atoms with van der Waals surface area (Å²) in [7, 11) is 3.01. The smallest absolute Gasteiger partial charge is 0.415 e. The molecule has 3 aromatic rings. The van der Waals surface area contributed by atoms with Crippen LogP contribution in [-0.4, -0.2) is 64.0 Å². The Morgan fingerprint density at radius 1 is 1.28 bits per heavy atom. The fraction of sp³-hybridized carbons (Fsp3) is 0.435. The molecule has 0 fully saturated rings. The van der Waals surface area contributed by atoms with Gasteiger partial charge in [-0.25, -0.2) is 14.8 Å². The Morgan fingerprint density at radius 2 is 2.00 bits per heavy atom. The molecular formula is C23H30ClN7O5. The number of carbonyl (C=O) groups excluding carboxylic acids is 2. The van der Waals surface area contributed by atoms with Gasteiger partial charge >= 0.3 is 6.09 Å². The third-order valence-electron chi connectivity index (χ3n) is 4.82. The summed E-state index contributed by atoms with van der Waals surface area (Å²) in [5.74, 6) is 0.223. The predicted octanol–water partition coefficient (Wildman–Crippen LogP) is 3.07. The number of halogens is 1. The van der Waals surface area contributed by atoms with Crippen molar-refractivity contribution in [1.29, 1.82) is 0 Å². The van der Waals surface area contributed by atoms with Gasteiger partial charge in [-0.1, -0.05) is 11.6 Å². The number of amides is 2. The van der Waals surface area contributed by atoms with Crippen molar-refractivity contribution in [1.82, 2.24) is 24.9 Å². The molecule has 3 aromatic heterocycles. The number of ether oxygens (including phenoxy) is 3. The van der Waals surface area contributed by atoms with Crippen molar-refractivity contribution in [3.05, 3.63) is 40.8 Å². The topological polar surface area (TPSA) is 146 Å². The Kier molecular flexibility index (Phi) is 8.21. The molecule has 2 amide bonds. The van der Waals surface area contributed by atoms with Gasteiger partial charge in [0.1, 0.15) is 22.1 Å². The highest BCUT2D eigenvalue weighted by Gasteiger charge is 2.25. The monoisotopic (exact) mass is 519 g/mol. The van der Waals surface area contributed by atoms with E-state index in [2.05, 4.69) is 20.4 Å². The van der Waals surface area contributed by atoms with Crippen LogP contribution in [0.2, 0.25) is 5.15 Å². The molecule has 0 radical (unpaired) electrons. The second-order valence-electron chi connectivity index (χ2n) is 9.10. The van der Waals surface area contributed by atoms with Gasteiger partial charge in [0, 0.05) is 25.4 Å². The molecule has 0 spiro atoms.